The first-order valence-electron chi connectivity index (χ1n) is 6.53. The van der Waals surface area contributed by atoms with E-state index in [0.717, 1.165) is 12.1 Å². The van der Waals surface area contributed by atoms with Crippen molar-refractivity contribution in [2.45, 2.75) is 32.5 Å². The van der Waals surface area contributed by atoms with E-state index in [1.165, 1.54) is 7.11 Å². The zero-order chi connectivity index (χ0) is 15.0. The molecule has 6 heteroatoms. The molecular weight excluding hydrogens is 271 g/mol. The summed E-state index contributed by atoms with van der Waals surface area (Å²) in [5.74, 6) is 1.18. The van der Waals surface area contributed by atoms with Crippen LogP contribution >= 0.6 is 0 Å². The molecule has 1 aromatic rings. The highest BCUT2D eigenvalue weighted by Crippen LogP contribution is 2.26. The molecule has 0 amide bonds. The molecule has 0 unspecified atom stereocenters. The number of halogens is 3. The SMILES string of the molecule is CCNCc1ccc(OC)cc1OCCCC(F)(F)F. The van der Waals surface area contributed by atoms with Gasteiger partial charge in [-0.15, -0.1) is 0 Å². The standard InChI is InChI=1S/C14H20F3NO2/c1-3-18-10-11-5-6-12(19-2)9-13(11)20-8-4-7-14(15,16)17/h5-6,9,18H,3-4,7-8,10H2,1-2H3. The van der Waals surface area contributed by atoms with E-state index in [1.807, 2.05) is 13.0 Å². The maximum atomic E-state index is 12.1. The number of benzene rings is 1. The Balaban J connectivity index is 2.60. The van der Waals surface area contributed by atoms with Crippen LogP contribution in [0, 0.1) is 0 Å². The van der Waals surface area contributed by atoms with Crippen molar-refractivity contribution in [2.75, 3.05) is 20.3 Å². The number of rotatable bonds is 8. The van der Waals surface area contributed by atoms with Gasteiger partial charge in [0.2, 0.25) is 0 Å². The van der Waals surface area contributed by atoms with Crippen molar-refractivity contribution in [2.24, 2.45) is 0 Å². The second kappa shape index (κ2) is 7.99. The van der Waals surface area contributed by atoms with Crippen molar-refractivity contribution < 1.29 is 22.6 Å². The molecule has 0 aliphatic rings. The monoisotopic (exact) mass is 291 g/mol. The van der Waals surface area contributed by atoms with Crippen molar-refractivity contribution in [1.82, 2.24) is 5.32 Å². The smallest absolute Gasteiger partial charge is 0.389 e. The first-order chi connectivity index (χ1) is 9.46. The fourth-order valence-electron chi connectivity index (χ4n) is 1.66. The van der Waals surface area contributed by atoms with Gasteiger partial charge >= 0.3 is 6.18 Å². The second-order valence-corrected chi connectivity index (χ2v) is 4.32. The van der Waals surface area contributed by atoms with Gasteiger partial charge in [0.25, 0.3) is 0 Å². The van der Waals surface area contributed by atoms with Gasteiger partial charge in [-0.05, 0) is 19.0 Å². The molecule has 3 nitrogen and oxygen atoms in total. The predicted octanol–water partition coefficient (Wildman–Crippen LogP) is 3.53. The van der Waals surface area contributed by atoms with E-state index < -0.39 is 12.6 Å². The largest absolute Gasteiger partial charge is 0.497 e. The van der Waals surface area contributed by atoms with E-state index in [1.54, 1.807) is 12.1 Å². The average molecular weight is 291 g/mol. The van der Waals surface area contributed by atoms with E-state index in [0.29, 0.717) is 18.0 Å². The lowest BCUT2D eigenvalue weighted by Gasteiger charge is -2.14. The second-order valence-electron chi connectivity index (χ2n) is 4.32. The maximum absolute atomic E-state index is 12.1. The Kier molecular flexibility index (Phi) is 6.64. The van der Waals surface area contributed by atoms with Gasteiger partial charge in [-0.3, -0.25) is 0 Å². The van der Waals surface area contributed by atoms with Gasteiger partial charge in [0.15, 0.2) is 0 Å². The molecule has 0 saturated carbocycles. The number of nitrogens with one attached hydrogen (secondary N) is 1. The fraction of sp³-hybridized carbons (Fsp3) is 0.571. The first kappa shape index (κ1) is 16.6. The summed E-state index contributed by atoms with van der Waals surface area (Å²) in [7, 11) is 1.53. The lowest BCUT2D eigenvalue weighted by Crippen LogP contribution is -2.14. The van der Waals surface area contributed by atoms with Crippen molar-refractivity contribution in [1.29, 1.82) is 0 Å². The van der Waals surface area contributed by atoms with Crippen LogP contribution in [-0.2, 0) is 6.54 Å². The van der Waals surface area contributed by atoms with Gasteiger partial charge in [-0.25, -0.2) is 0 Å². The third kappa shape index (κ3) is 6.14. The van der Waals surface area contributed by atoms with Gasteiger partial charge in [-0.1, -0.05) is 13.0 Å². The van der Waals surface area contributed by atoms with Crippen LogP contribution in [0.2, 0.25) is 0 Å². The molecule has 0 spiro atoms. The molecule has 0 saturated heterocycles. The Morgan fingerprint density at radius 3 is 2.60 bits per heavy atom. The maximum Gasteiger partial charge on any atom is 0.389 e. The van der Waals surface area contributed by atoms with Crippen LogP contribution in [0.4, 0.5) is 13.2 Å². The van der Waals surface area contributed by atoms with E-state index in [9.17, 15) is 13.2 Å². The summed E-state index contributed by atoms with van der Waals surface area (Å²) in [5, 5.41) is 3.16. The minimum Gasteiger partial charge on any atom is -0.497 e. The molecule has 1 N–H and O–H groups in total. The number of ether oxygens (including phenoxy) is 2. The van der Waals surface area contributed by atoms with Gasteiger partial charge in [0, 0.05) is 24.6 Å². The van der Waals surface area contributed by atoms with E-state index in [-0.39, 0.29) is 13.0 Å². The van der Waals surface area contributed by atoms with Crippen molar-refractivity contribution >= 4 is 0 Å². The Morgan fingerprint density at radius 1 is 1.25 bits per heavy atom. The third-order valence-electron chi connectivity index (χ3n) is 2.70. The first-order valence-corrected chi connectivity index (χ1v) is 6.53. The highest BCUT2D eigenvalue weighted by molar-refractivity contribution is 5.40. The molecule has 0 heterocycles. The molecule has 0 radical (unpaired) electrons. The van der Waals surface area contributed by atoms with Crippen LogP contribution in [-0.4, -0.2) is 26.4 Å². The highest BCUT2D eigenvalue weighted by Gasteiger charge is 2.26. The normalized spacial score (nSPS) is 11.4. The van der Waals surface area contributed by atoms with Gasteiger partial charge < -0.3 is 14.8 Å². The van der Waals surface area contributed by atoms with Crippen LogP contribution in [0.15, 0.2) is 18.2 Å². The number of hydrogen-bond acceptors (Lipinski definition) is 3. The number of hydrogen-bond donors (Lipinski definition) is 1. The Hall–Kier alpha value is -1.43. The molecule has 0 atom stereocenters. The minimum atomic E-state index is -4.13. The lowest BCUT2D eigenvalue weighted by molar-refractivity contribution is -0.136. The van der Waals surface area contributed by atoms with E-state index >= 15 is 0 Å². The summed E-state index contributed by atoms with van der Waals surface area (Å²) >= 11 is 0. The topological polar surface area (TPSA) is 30.5 Å². The molecule has 20 heavy (non-hydrogen) atoms. The quantitative estimate of drug-likeness (QED) is 0.743. The summed E-state index contributed by atoms with van der Waals surface area (Å²) in [6.45, 7) is 3.42. The van der Waals surface area contributed by atoms with Crippen LogP contribution in [0.5, 0.6) is 11.5 Å². The Morgan fingerprint density at radius 2 is 2.00 bits per heavy atom. The molecule has 0 aliphatic carbocycles. The predicted molar refractivity (Wildman–Crippen MR) is 71.2 cm³/mol. The van der Waals surface area contributed by atoms with E-state index in [2.05, 4.69) is 5.32 Å². The minimum absolute atomic E-state index is 0.0335. The summed E-state index contributed by atoms with van der Waals surface area (Å²) in [5.41, 5.74) is 0.902. The number of alkyl halides is 3. The molecular formula is C14H20F3NO2. The Bertz CT molecular complexity index is 408. The lowest BCUT2D eigenvalue weighted by atomic mass is 10.2. The van der Waals surface area contributed by atoms with E-state index in [4.69, 9.17) is 9.47 Å². The molecule has 0 fully saturated rings. The van der Waals surface area contributed by atoms with Crippen molar-refractivity contribution in [3.05, 3.63) is 23.8 Å². The highest BCUT2D eigenvalue weighted by atomic mass is 19.4. The Labute approximate surface area is 117 Å². The summed E-state index contributed by atoms with van der Waals surface area (Å²) in [6, 6.07) is 5.34. The zero-order valence-corrected chi connectivity index (χ0v) is 11.7. The van der Waals surface area contributed by atoms with Crippen molar-refractivity contribution in [3.63, 3.8) is 0 Å². The average Bonchev–Trinajstić information content (AvgIpc) is 2.40. The number of methoxy groups -OCH3 is 1. The van der Waals surface area contributed by atoms with Gasteiger partial charge in [-0.2, -0.15) is 13.2 Å². The molecule has 1 aromatic carbocycles. The summed E-state index contributed by atoms with van der Waals surface area (Å²) in [6.07, 6.45) is -5.02. The van der Waals surface area contributed by atoms with Crippen LogP contribution < -0.4 is 14.8 Å². The summed E-state index contributed by atoms with van der Waals surface area (Å²) < 4.78 is 46.7. The van der Waals surface area contributed by atoms with Crippen LogP contribution in [0.1, 0.15) is 25.3 Å². The molecule has 114 valence electrons. The van der Waals surface area contributed by atoms with Gasteiger partial charge in [0.05, 0.1) is 13.7 Å². The summed E-state index contributed by atoms with van der Waals surface area (Å²) in [4.78, 5) is 0. The van der Waals surface area contributed by atoms with Crippen LogP contribution in [0.3, 0.4) is 0 Å². The fourth-order valence-corrected chi connectivity index (χ4v) is 1.66. The third-order valence-corrected chi connectivity index (χ3v) is 2.70. The van der Waals surface area contributed by atoms with Crippen molar-refractivity contribution in [3.8, 4) is 11.5 Å². The molecule has 0 aliphatic heterocycles. The van der Waals surface area contributed by atoms with Crippen LogP contribution in [0.25, 0.3) is 0 Å². The zero-order valence-electron chi connectivity index (χ0n) is 11.7. The molecule has 1 rings (SSSR count). The molecule has 0 bridgehead atoms. The molecule has 0 aromatic heterocycles. The van der Waals surface area contributed by atoms with Gasteiger partial charge in [0.1, 0.15) is 11.5 Å².